The van der Waals surface area contributed by atoms with Crippen LogP contribution in [0, 0.1) is 0 Å². The van der Waals surface area contributed by atoms with Crippen LogP contribution in [0.25, 0.3) is 0 Å². The Morgan fingerprint density at radius 3 is 2.25 bits per heavy atom. The van der Waals surface area contributed by atoms with E-state index in [1.54, 1.807) is 0 Å². The van der Waals surface area contributed by atoms with Crippen molar-refractivity contribution in [1.29, 1.82) is 0 Å². The van der Waals surface area contributed by atoms with Crippen LogP contribution in [-0.2, 0) is 9.47 Å². The van der Waals surface area contributed by atoms with Crippen LogP contribution in [0.15, 0.2) is 0 Å². The SMILES string of the molecule is CC(CN)OCCOC(C)(C)C. The zero-order chi connectivity index (χ0) is 9.61. The van der Waals surface area contributed by atoms with E-state index in [2.05, 4.69) is 0 Å². The molecule has 0 rings (SSSR count). The fourth-order valence-electron chi connectivity index (χ4n) is 0.665. The molecule has 0 heterocycles. The lowest BCUT2D eigenvalue weighted by atomic mass is 10.2. The van der Waals surface area contributed by atoms with Crippen molar-refractivity contribution in [3.8, 4) is 0 Å². The third-order valence-corrected chi connectivity index (χ3v) is 1.35. The standard InChI is InChI=1S/C9H21NO2/c1-8(7-10)11-5-6-12-9(2,3)4/h8H,5-7,10H2,1-4H3. The number of rotatable bonds is 5. The molecule has 3 nitrogen and oxygen atoms in total. The van der Waals surface area contributed by atoms with Crippen LogP contribution >= 0.6 is 0 Å². The number of hydrogen-bond donors (Lipinski definition) is 1. The first-order chi connectivity index (χ1) is 5.45. The highest BCUT2D eigenvalue weighted by Crippen LogP contribution is 2.05. The van der Waals surface area contributed by atoms with Crippen molar-refractivity contribution in [1.82, 2.24) is 0 Å². The van der Waals surface area contributed by atoms with Gasteiger partial charge in [0.25, 0.3) is 0 Å². The summed E-state index contributed by atoms with van der Waals surface area (Å²) in [5, 5.41) is 0. The third kappa shape index (κ3) is 7.98. The summed E-state index contributed by atoms with van der Waals surface area (Å²) in [5.74, 6) is 0. The molecule has 0 fully saturated rings. The number of nitrogens with two attached hydrogens (primary N) is 1. The summed E-state index contributed by atoms with van der Waals surface area (Å²) in [6.07, 6.45) is 0.133. The van der Waals surface area contributed by atoms with Crippen molar-refractivity contribution in [2.75, 3.05) is 19.8 Å². The summed E-state index contributed by atoms with van der Waals surface area (Å²) in [6.45, 7) is 9.86. The van der Waals surface area contributed by atoms with E-state index in [9.17, 15) is 0 Å². The Kier molecular flexibility index (Phi) is 5.46. The van der Waals surface area contributed by atoms with Crippen molar-refractivity contribution in [2.45, 2.75) is 39.4 Å². The first-order valence-corrected chi connectivity index (χ1v) is 4.41. The Balaban J connectivity index is 3.22. The summed E-state index contributed by atoms with van der Waals surface area (Å²) in [4.78, 5) is 0. The molecule has 0 aliphatic carbocycles. The van der Waals surface area contributed by atoms with Gasteiger partial charge in [-0.25, -0.2) is 0 Å². The maximum atomic E-state index is 5.46. The smallest absolute Gasteiger partial charge is 0.0707 e. The van der Waals surface area contributed by atoms with E-state index in [0.717, 1.165) is 0 Å². The summed E-state index contributed by atoms with van der Waals surface area (Å²) < 4.78 is 10.8. The molecule has 0 aromatic heterocycles. The van der Waals surface area contributed by atoms with Crippen LogP contribution in [-0.4, -0.2) is 31.5 Å². The molecule has 12 heavy (non-hydrogen) atoms. The normalized spacial score (nSPS) is 14.8. The average Bonchev–Trinajstić information content (AvgIpc) is 1.96. The van der Waals surface area contributed by atoms with Gasteiger partial charge in [0, 0.05) is 6.54 Å². The second-order valence-electron chi connectivity index (χ2n) is 3.88. The molecular formula is C9H21NO2. The lowest BCUT2D eigenvalue weighted by Gasteiger charge is -2.20. The van der Waals surface area contributed by atoms with Crippen molar-refractivity contribution in [3.05, 3.63) is 0 Å². The minimum absolute atomic E-state index is 0.0741. The molecule has 0 amide bonds. The van der Waals surface area contributed by atoms with Gasteiger partial charge in [0.15, 0.2) is 0 Å². The quantitative estimate of drug-likeness (QED) is 0.638. The zero-order valence-corrected chi connectivity index (χ0v) is 8.59. The van der Waals surface area contributed by atoms with Gasteiger partial charge in [0.1, 0.15) is 0 Å². The second-order valence-corrected chi connectivity index (χ2v) is 3.88. The van der Waals surface area contributed by atoms with Gasteiger partial charge in [-0.15, -0.1) is 0 Å². The summed E-state index contributed by atoms with van der Waals surface area (Å²) in [5.41, 5.74) is 5.30. The molecule has 0 saturated heterocycles. The maximum Gasteiger partial charge on any atom is 0.0707 e. The number of hydrogen-bond acceptors (Lipinski definition) is 3. The van der Waals surface area contributed by atoms with Gasteiger partial charge in [-0.1, -0.05) is 0 Å². The van der Waals surface area contributed by atoms with E-state index in [0.29, 0.717) is 19.8 Å². The Morgan fingerprint density at radius 2 is 1.83 bits per heavy atom. The topological polar surface area (TPSA) is 44.5 Å². The van der Waals surface area contributed by atoms with E-state index in [1.807, 2.05) is 27.7 Å². The minimum Gasteiger partial charge on any atom is -0.375 e. The van der Waals surface area contributed by atoms with E-state index in [-0.39, 0.29) is 11.7 Å². The molecule has 0 saturated carbocycles. The van der Waals surface area contributed by atoms with Gasteiger partial charge in [-0.05, 0) is 27.7 Å². The highest BCUT2D eigenvalue weighted by atomic mass is 16.5. The predicted octanol–water partition coefficient (Wildman–Crippen LogP) is 1.17. The molecule has 0 spiro atoms. The van der Waals surface area contributed by atoms with Gasteiger partial charge in [0.2, 0.25) is 0 Å². The van der Waals surface area contributed by atoms with Crippen molar-refractivity contribution < 1.29 is 9.47 Å². The van der Waals surface area contributed by atoms with Crippen molar-refractivity contribution in [3.63, 3.8) is 0 Å². The first-order valence-electron chi connectivity index (χ1n) is 4.41. The Hall–Kier alpha value is -0.120. The zero-order valence-electron chi connectivity index (χ0n) is 8.59. The van der Waals surface area contributed by atoms with Crippen LogP contribution in [0.5, 0.6) is 0 Å². The van der Waals surface area contributed by atoms with Crippen LogP contribution in [0.4, 0.5) is 0 Å². The molecule has 0 radical (unpaired) electrons. The fraction of sp³-hybridized carbons (Fsp3) is 1.00. The second kappa shape index (κ2) is 5.51. The fourth-order valence-corrected chi connectivity index (χ4v) is 0.665. The molecule has 0 aromatic carbocycles. The van der Waals surface area contributed by atoms with Crippen LogP contribution < -0.4 is 5.73 Å². The van der Waals surface area contributed by atoms with E-state index in [4.69, 9.17) is 15.2 Å². The van der Waals surface area contributed by atoms with Gasteiger partial charge < -0.3 is 15.2 Å². The summed E-state index contributed by atoms with van der Waals surface area (Å²) in [6, 6.07) is 0. The van der Waals surface area contributed by atoms with E-state index < -0.39 is 0 Å². The molecule has 0 aromatic rings. The Morgan fingerprint density at radius 1 is 1.25 bits per heavy atom. The molecule has 0 bridgehead atoms. The third-order valence-electron chi connectivity index (χ3n) is 1.35. The maximum absolute atomic E-state index is 5.46. The van der Waals surface area contributed by atoms with E-state index in [1.165, 1.54) is 0 Å². The Labute approximate surface area is 75.2 Å². The molecule has 1 unspecified atom stereocenters. The van der Waals surface area contributed by atoms with Gasteiger partial charge in [-0.2, -0.15) is 0 Å². The molecule has 2 N–H and O–H groups in total. The summed E-state index contributed by atoms with van der Waals surface area (Å²) in [7, 11) is 0. The molecule has 0 aliphatic rings. The van der Waals surface area contributed by atoms with Crippen LogP contribution in [0.1, 0.15) is 27.7 Å². The lowest BCUT2D eigenvalue weighted by molar-refractivity contribution is -0.0468. The monoisotopic (exact) mass is 175 g/mol. The van der Waals surface area contributed by atoms with Crippen molar-refractivity contribution >= 4 is 0 Å². The Bertz CT molecular complexity index is 110. The largest absolute Gasteiger partial charge is 0.375 e. The molecular weight excluding hydrogens is 154 g/mol. The van der Waals surface area contributed by atoms with Gasteiger partial charge in [0.05, 0.1) is 24.9 Å². The molecule has 1 atom stereocenters. The van der Waals surface area contributed by atoms with E-state index >= 15 is 0 Å². The summed E-state index contributed by atoms with van der Waals surface area (Å²) >= 11 is 0. The highest BCUT2D eigenvalue weighted by molar-refractivity contribution is 4.58. The van der Waals surface area contributed by atoms with Crippen molar-refractivity contribution in [2.24, 2.45) is 5.73 Å². The number of ether oxygens (including phenoxy) is 2. The first kappa shape index (κ1) is 11.9. The molecule has 74 valence electrons. The molecule has 0 aliphatic heterocycles. The van der Waals surface area contributed by atoms with Crippen LogP contribution in [0.2, 0.25) is 0 Å². The van der Waals surface area contributed by atoms with Gasteiger partial charge in [-0.3, -0.25) is 0 Å². The van der Waals surface area contributed by atoms with Crippen LogP contribution in [0.3, 0.4) is 0 Å². The lowest BCUT2D eigenvalue weighted by Crippen LogP contribution is -2.25. The highest BCUT2D eigenvalue weighted by Gasteiger charge is 2.09. The minimum atomic E-state index is -0.0741. The van der Waals surface area contributed by atoms with Gasteiger partial charge >= 0.3 is 0 Å². The average molecular weight is 175 g/mol. The predicted molar refractivity (Wildman–Crippen MR) is 50.2 cm³/mol. The molecule has 3 heteroatoms.